The molecule has 1 N–H and O–H groups in total. The Morgan fingerprint density at radius 2 is 1.67 bits per heavy atom. The van der Waals surface area contributed by atoms with E-state index in [1.54, 1.807) is 6.21 Å². The summed E-state index contributed by atoms with van der Waals surface area (Å²) < 4.78 is 1.98. The Labute approximate surface area is 216 Å². The Hall–Kier alpha value is -3.91. The fourth-order valence-corrected chi connectivity index (χ4v) is 4.51. The molecule has 0 radical (unpaired) electrons. The van der Waals surface area contributed by atoms with Crippen molar-refractivity contribution in [1.82, 2.24) is 20.2 Å². The quantitative estimate of drug-likeness (QED) is 0.182. The van der Waals surface area contributed by atoms with Crippen LogP contribution in [0.5, 0.6) is 0 Å². The van der Waals surface area contributed by atoms with Gasteiger partial charge in [0.15, 0.2) is 11.0 Å². The van der Waals surface area contributed by atoms with Crippen molar-refractivity contribution in [3.8, 4) is 17.1 Å². The third-order valence-corrected chi connectivity index (χ3v) is 6.64. The minimum atomic E-state index is -0.212. The van der Waals surface area contributed by atoms with Gasteiger partial charge >= 0.3 is 0 Å². The molecule has 4 aromatic rings. The van der Waals surface area contributed by atoms with Gasteiger partial charge in [-0.2, -0.15) is 5.10 Å². The molecule has 0 aliphatic heterocycles. The highest BCUT2D eigenvalue weighted by Crippen LogP contribution is 2.28. The molecule has 3 aromatic carbocycles. The van der Waals surface area contributed by atoms with Gasteiger partial charge in [0, 0.05) is 30.0 Å². The van der Waals surface area contributed by atoms with Gasteiger partial charge in [-0.25, -0.2) is 5.43 Å². The minimum Gasteiger partial charge on any atom is -0.372 e. The number of rotatable bonds is 10. The molecule has 1 heterocycles. The number of carbonyl (C=O) groups is 1. The molecule has 0 saturated heterocycles. The second kappa shape index (κ2) is 12.2. The topological polar surface area (TPSA) is 75.4 Å². The van der Waals surface area contributed by atoms with Gasteiger partial charge in [-0.15, -0.1) is 10.2 Å². The average molecular weight is 499 g/mol. The van der Waals surface area contributed by atoms with Gasteiger partial charge in [-0.05, 0) is 50.6 Å². The Balaban J connectivity index is 1.42. The van der Waals surface area contributed by atoms with Crippen LogP contribution in [-0.4, -0.2) is 45.7 Å². The van der Waals surface area contributed by atoms with Crippen LogP contribution in [0.2, 0.25) is 0 Å². The lowest BCUT2D eigenvalue weighted by Gasteiger charge is -2.20. The monoisotopic (exact) mass is 498 g/mol. The van der Waals surface area contributed by atoms with Crippen LogP contribution in [0.4, 0.5) is 5.69 Å². The first-order valence-electron chi connectivity index (χ1n) is 12.0. The first kappa shape index (κ1) is 25.2. The van der Waals surface area contributed by atoms with Crippen LogP contribution >= 0.6 is 11.8 Å². The SMILES string of the molecule is CCN(CC)c1ccc(/C=N/NC(=O)CSc2nnc(-c3ccccc3)n2-c2ccc(C)cc2)cc1. The van der Waals surface area contributed by atoms with Crippen molar-refractivity contribution >= 4 is 29.6 Å². The van der Waals surface area contributed by atoms with Crippen LogP contribution < -0.4 is 10.3 Å². The first-order valence-corrected chi connectivity index (χ1v) is 12.9. The largest absolute Gasteiger partial charge is 0.372 e. The van der Waals surface area contributed by atoms with E-state index in [2.05, 4.69) is 63.7 Å². The van der Waals surface area contributed by atoms with E-state index < -0.39 is 0 Å². The van der Waals surface area contributed by atoms with E-state index in [4.69, 9.17) is 0 Å². The molecule has 4 rings (SSSR count). The van der Waals surface area contributed by atoms with Crippen molar-refractivity contribution < 1.29 is 4.79 Å². The molecule has 1 amide bonds. The van der Waals surface area contributed by atoms with Crippen molar-refractivity contribution in [1.29, 1.82) is 0 Å². The number of benzene rings is 3. The summed E-state index contributed by atoms with van der Waals surface area (Å²) >= 11 is 1.32. The molecular weight excluding hydrogens is 468 g/mol. The number of hydrazone groups is 1. The van der Waals surface area contributed by atoms with Gasteiger partial charge in [0.1, 0.15) is 0 Å². The van der Waals surface area contributed by atoms with Crippen molar-refractivity contribution in [3.05, 3.63) is 90.0 Å². The molecule has 0 bridgehead atoms. The summed E-state index contributed by atoms with van der Waals surface area (Å²) in [7, 11) is 0. The van der Waals surface area contributed by atoms with Crippen molar-refractivity contribution in [2.45, 2.75) is 25.9 Å². The van der Waals surface area contributed by atoms with Crippen LogP contribution in [-0.2, 0) is 4.79 Å². The third kappa shape index (κ3) is 6.20. The molecule has 0 aliphatic rings. The Kier molecular flexibility index (Phi) is 8.52. The standard InChI is InChI=1S/C28H30N6OS/c1-4-33(5-2)24-17-13-22(14-18-24)19-29-30-26(35)20-36-28-32-31-27(23-9-7-6-8-10-23)34(28)25-15-11-21(3)12-16-25/h6-19H,4-5,20H2,1-3H3,(H,30,35)/b29-19+. The van der Waals surface area contributed by atoms with E-state index >= 15 is 0 Å². The summed E-state index contributed by atoms with van der Waals surface area (Å²) in [5, 5.41) is 13.6. The molecule has 8 heteroatoms. The number of nitrogens with one attached hydrogen (secondary N) is 1. The lowest BCUT2D eigenvalue weighted by atomic mass is 10.2. The van der Waals surface area contributed by atoms with Crippen LogP contribution in [0.1, 0.15) is 25.0 Å². The van der Waals surface area contributed by atoms with Gasteiger partial charge in [0.25, 0.3) is 5.91 Å². The summed E-state index contributed by atoms with van der Waals surface area (Å²) in [6.45, 7) is 8.24. The van der Waals surface area contributed by atoms with Gasteiger partial charge in [-0.3, -0.25) is 9.36 Å². The molecule has 0 aliphatic carbocycles. The van der Waals surface area contributed by atoms with Crippen molar-refractivity contribution in [2.24, 2.45) is 5.10 Å². The molecule has 0 spiro atoms. The Bertz CT molecular complexity index is 1300. The normalized spacial score (nSPS) is 11.1. The summed E-state index contributed by atoms with van der Waals surface area (Å²) in [5.41, 5.74) is 7.77. The lowest BCUT2D eigenvalue weighted by Crippen LogP contribution is -2.21. The number of thioether (sulfide) groups is 1. The summed E-state index contributed by atoms with van der Waals surface area (Å²) in [4.78, 5) is 14.8. The zero-order valence-electron chi connectivity index (χ0n) is 20.8. The third-order valence-electron chi connectivity index (χ3n) is 5.71. The fraction of sp³-hybridized carbons (Fsp3) is 0.214. The molecule has 1 aromatic heterocycles. The smallest absolute Gasteiger partial charge is 0.250 e. The summed E-state index contributed by atoms with van der Waals surface area (Å²) in [5.74, 6) is 0.682. The van der Waals surface area contributed by atoms with E-state index in [0.717, 1.165) is 35.7 Å². The summed E-state index contributed by atoms with van der Waals surface area (Å²) in [6, 6.07) is 26.2. The number of hydrogen-bond donors (Lipinski definition) is 1. The predicted molar refractivity (Wildman–Crippen MR) is 148 cm³/mol. The second-order valence-corrected chi connectivity index (χ2v) is 9.13. The fourth-order valence-electron chi connectivity index (χ4n) is 3.77. The predicted octanol–water partition coefficient (Wildman–Crippen LogP) is 5.33. The van der Waals surface area contributed by atoms with Crippen LogP contribution in [0.25, 0.3) is 17.1 Å². The van der Waals surface area contributed by atoms with E-state index in [-0.39, 0.29) is 11.7 Å². The maximum absolute atomic E-state index is 12.5. The number of carbonyl (C=O) groups excluding carboxylic acids is 1. The maximum Gasteiger partial charge on any atom is 0.250 e. The highest BCUT2D eigenvalue weighted by Gasteiger charge is 2.17. The van der Waals surface area contributed by atoms with Gasteiger partial charge < -0.3 is 4.90 Å². The second-order valence-electron chi connectivity index (χ2n) is 8.19. The maximum atomic E-state index is 12.5. The number of nitrogens with zero attached hydrogens (tertiary/aromatic N) is 5. The van der Waals surface area contributed by atoms with Crippen molar-refractivity contribution in [3.63, 3.8) is 0 Å². The van der Waals surface area contributed by atoms with Gasteiger partial charge in [0.2, 0.25) is 0 Å². The molecule has 0 saturated carbocycles. The number of aryl methyl sites for hydroxylation is 1. The number of hydrogen-bond acceptors (Lipinski definition) is 6. The van der Waals surface area contributed by atoms with Crippen LogP contribution in [0.3, 0.4) is 0 Å². The molecule has 184 valence electrons. The average Bonchev–Trinajstić information content (AvgIpc) is 3.34. The van der Waals surface area contributed by atoms with Gasteiger partial charge in [-0.1, -0.05) is 71.9 Å². The highest BCUT2D eigenvalue weighted by atomic mass is 32.2. The molecule has 0 unspecified atom stereocenters. The first-order chi connectivity index (χ1) is 17.6. The highest BCUT2D eigenvalue weighted by molar-refractivity contribution is 7.99. The molecular formula is C28H30N6OS. The van der Waals surface area contributed by atoms with Crippen molar-refractivity contribution in [2.75, 3.05) is 23.7 Å². The summed E-state index contributed by atoms with van der Waals surface area (Å²) in [6.07, 6.45) is 1.65. The molecule has 0 fully saturated rings. The molecule has 36 heavy (non-hydrogen) atoms. The Morgan fingerprint density at radius 3 is 2.33 bits per heavy atom. The Morgan fingerprint density at radius 1 is 0.972 bits per heavy atom. The van der Waals surface area contributed by atoms with E-state index in [9.17, 15) is 4.79 Å². The lowest BCUT2D eigenvalue weighted by molar-refractivity contribution is -0.118. The zero-order valence-corrected chi connectivity index (χ0v) is 21.6. The zero-order chi connectivity index (χ0) is 25.3. The van der Waals surface area contributed by atoms with Crippen LogP contribution in [0, 0.1) is 6.92 Å². The van der Waals surface area contributed by atoms with E-state index in [1.807, 2.05) is 66.1 Å². The molecule has 0 atom stereocenters. The van der Waals surface area contributed by atoms with Gasteiger partial charge in [0.05, 0.1) is 12.0 Å². The number of aromatic nitrogens is 3. The van der Waals surface area contributed by atoms with E-state index in [1.165, 1.54) is 23.0 Å². The number of anilines is 1. The van der Waals surface area contributed by atoms with Crippen LogP contribution in [0.15, 0.2) is 89.1 Å². The molecule has 7 nitrogen and oxygen atoms in total. The van der Waals surface area contributed by atoms with E-state index in [0.29, 0.717) is 5.16 Å². The minimum absolute atomic E-state index is 0.164. The number of amides is 1.